The van der Waals surface area contributed by atoms with Crippen molar-refractivity contribution in [1.82, 2.24) is 4.90 Å². The second-order valence-electron chi connectivity index (χ2n) is 5.99. The maximum Gasteiger partial charge on any atom is 0.266 e. The molecule has 1 aliphatic rings. The highest BCUT2D eigenvalue weighted by molar-refractivity contribution is 8.26. The van der Waals surface area contributed by atoms with Gasteiger partial charge in [-0.2, -0.15) is 0 Å². The predicted molar refractivity (Wildman–Crippen MR) is 108 cm³/mol. The molecule has 1 heterocycles. The molecule has 1 aromatic rings. The lowest BCUT2D eigenvalue weighted by Gasteiger charge is -2.18. The fourth-order valence-corrected chi connectivity index (χ4v) is 3.93. The SMILES string of the molecule is CCCCOc1ccc(C=C2SC(=S)N(C(C)C)C2=O)cc1OCC. The van der Waals surface area contributed by atoms with E-state index in [1.807, 2.05) is 45.0 Å². The number of thiocarbonyl (C=S) groups is 1. The van der Waals surface area contributed by atoms with Crippen LogP contribution in [0, 0.1) is 0 Å². The molecule has 0 unspecified atom stereocenters. The third kappa shape index (κ3) is 4.98. The van der Waals surface area contributed by atoms with Gasteiger partial charge in [-0.05, 0) is 51.0 Å². The Bertz CT molecular complexity index is 671. The number of hydrogen-bond donors (Lipinski definition) is 0. The minimum absolute atomic E-state index is 0.0359. The summed E-state index contributed by atoms with van der Waals surface area (Å²) in [5.74, 6) is 1.40. The smallest absolute Gasteiger partial charge is 0.266 e. The molecule has 0 N–H and O–H groups in total. The number of ether oxygens (including phenoxy) is 2. The van der Waals surface area contributed by atoms with Gasteiger partial charge >= 0.3 is 0 Å². The molecule has 0 atom stereocenters. The molecule has 2 rings (SSSR count). The minimum Gasteiger partial charge on any atom is -0.490 e. The van der Waals surface area contributed by atoms with Crippen LogP contribution in [0.1, 0.15) is 46.1 Å². The van der Waals surface area contributed by atoms with Gasteiger partial charge in [0.05, 0.1) is 18.1 Å². The van der Waals surface area contributed by atoms with Gasteiger partial charge in [-0.15, -0.1) is 0 Å². The van der Waals surface area contributed by atoms with Crippen molar-refractivity contribution in [3.05, 3.63) is 28.7 Å². The molecular weight excluding hydrogens is 354 g/mol. The number of benzene rings is 1. The number of thioether (sulfide) groups is 1. The molecule has 0 radical (unpaired) electrons. The van der Waals surface area contributed by atoms with Crippen LogP contribution in [0.2, 0.25) is 0 Å². The maximum absolute atomic E-state index is 12.5. The number of carbonyl (C=O) groups is 1. The van der Waals surface area contributed by atoms with E-state index in [0.29, 0.717) is 28.2 Å². The molecule has 0 spiro atoms. The minimum atomic E-state index is -0.0359. The first-order valence-corrected chi connectivity index (χ1v) is 9.87. The van der Waals surface area contributed by atoms with E-state index < -0.39 is 0 Å². The Labute approximate surface area is 159 Å². The maximum atomic E-state index is 12.5. The monoisotopic (exact) mass is 379 g/mol. The molecule has 1 fully saturated rings. The van der Waals surface area contributed by atoms with Crippen molar-refractivity contribution in [2.24, 2.45) is 0 Å². The number of carbonyl (C=O) groups excluding carboxylic acids is 1. The molecule has 1 aromatic carbocycles. The van der Waals surface area contributed by atoms with Gasteiger partial charge in [0.1, 0.15) is 4.32 Å². The lowest BCUT2D eigenvalue weighted by Crippen LogP contribution is -2.34. The quantitative estimate of drug-likeness (QED) is 0.366. The van der Waals surface area contributed by atoms with Crippen LogP contribution in [0.3, 0.4) is 0 Å². The van der Waals surface area contributed by atoms with Gasteiger partial charge in [0.25, 0.3) is 5.91 Å². The first-order valence-electron chi connectivity index (χ1n) is 8.64. The normalized spacial score (nSPS) is 16.2. The van der Waals surface area contributed by atoms with E-state index in [1.165, 1.54) is 11.8 Å². The highest BCUT2D eigenvalue weighted by Gasteiger charge is 2.33. The fraction of sp³-hybridized carbons (Fsp3) is 0.474. The largest absolute Gasteiger partial charge is 0.490 e. The molecular formula is C19H25NO3S2. The summed E-state index contributed by atoms with van der Waals surface area (Å²) < 4.78 is 12.1. The number of unbranched alkanes of at least 4 members (excludes halogenated alkanes) is 1. The molecule has 4 nitrogen and oxygen atoms in total. The molecule has 6 heteroatoms. The van der Waals surface area contributed by atoms with Crippen LogP contribution in [0.5, 0.6) is 11.5 Å². The molecule has 0 aromatic heterocycles. The van der Waals surface area contributed by atoms with Crippen molar-refractivity contribution in [3.63, 3.8) is 0 Å². The van der Waals surface area contributed by atoms with E-state index in [4.69, 9.17) is 21.7 Å². The Hall–Kier alpha value is -1.53. The first-order chi connectivity index (χ1) is 12.0. The zero-order valence-electron chi connectivity index (χ0n) is 15.2. The van der Waals surface area contributed by atoms with Gasteiger partial charge in [-0.3, -0.25) is 9.69 Å². The Balaban J connectivity index is 2.23. The van der Waals surface area contributed by atoms with Gasteiger partial charge in [0.15, 0.2) is 11.5 Å². The van der Waals surface area contributed by atoms with E-state index in [2.05, 4.69) is 6.92 Å². The lowest BCUT2D eigenvalue weighted by atomic mass is 10.1. The second-order valence-corrected chi connectivity index (χ2v) is 7.66. The van der Waals surface area contributed by atoms with Crippen molar-refractivity contribution >= 4 is 40.3 Å². The number of nitrogens with zero attached hydrogens (tertiary/aromatic N) is 1. The molecule has 1 saturated heterocycles. The topological polar surface area (TPSA) is 38.8 Å². The van der Waals surface area contributed by atoms with Crippen LogP contribution in [-0.2, 0) is 4.79 Å². The van der Waals surface area contributed by atoms with Crippen LogP contribution >= 0.6 is 24.0 Å². The Morgan fingerprint density at radius 1 is 1.24 bits per heavy atom. The third-order valence-electron chi connectivity index (χ3n) is 3.66. The summed E-state index contributed by atoms with van der Waals surface area (Å²) in [6, 6.07) is 5.81. The lowest BCUT2D eigenvalue weighted by molar-refractivity contribution is -0.123. The van der Waals surface area contributed by atoms with E-state index in [-0.39, 0.29) is 11.9 Å². The third-order valence-corrected chi connectivity index (χ3v) is 4.99. The standard InChI is InChI=1S/C19H25NO3S2/c1-5-7-10-23-15-9-8-14(11-16(15)22-6-2)12-17-18(21)20(13(3)4)19(24)25-17/h8-9,11-13H,5-7,10H2,1-4H3. The number of amides is 1. The van der Waals surface area contributed by atoms with Crippen molar-refractivity contribution in [2.45, 2.75) is 46.6 Å². The molecule has 1 amide bonds. The molecule has 1 aliphatic heterocycles. The summed E-state index contributed by atoms with van der Waals surface area (Å²) >= 11 is 6.66. The van der Waals surface area contributed by atoms with Gasteiger partial charge < -0.3 is 9.47 Å². The molecule has 0 saturated carbocycles. The summed E-state index contributed by atoms with van der Waals surface area (Å²) in [4.78, 5) is 14.8. The zero-order valence-corrected chi connectivity index (χ0v) is 16.8. The van der Waals surface area contributed by atoms with Crippen molar-refractivity contribution < 1.29 is 14.3 Å². The van der Waals surface area contributed by atoms with Crippen LogP contribution in [0.25, 0.3) is 6.08 Å². The van der Waals surface area contributed by atoms with E-state index in [1.54, 1.807) is 4.90 Å². The highest BCUT2D eigenvalue weighted by atomic mass is 32.2. The molecule has 25 heavy (non-hydrogen) atoms. The molecule has 0 aliphatic carbocycles. The Morgan fingerprint density at radius 2 is 2.00 bits per heavy atom. The molecule has 0 bridgehead atoms. The summed E-state index contributed by atoms with van der Waals surface area (Å²) in [6.45, 7) is 9.22. The van der Waals surface area contributed by atoms with Gasteiger partial charge in [-0.1, -0.05) is 43.4 Å². The second kappa shape index (κ2) is 9.25. The van der Waals surface area contributed by atoms with E-state index in [9.17, 15) is 4.79 Å². The summed E-state index contributed by atoms with van der Waals surface area (Å²) in [6.07, 6.45) is 3.95. The van der Waals surface area contributed by atoms with Gasteiger partial charge in [0.2, 0.25) is 0 Å². The molecule has 136 valence electrons. The van der Waals surface area contributed by atoms with Crippen LogP contribution in [0.15, 0.2) is 23.1 Å². The van der Waals surface area contributed by atoms with E-state index in [0.717, 1.165) is 24.2 Å². The van der Waals surface area contributed by atoms with Crippen LogP contribution < -0.4 is 9.47 Å². The summed E-state index contributed by atoms with van der Waals surface area (Å²) in [5, 5.41) is 0. The zero-order chi connectivity index (χ0) is 18.4. The van der Waals surface area contributed by atoms with Crippen LogP contribution in [-0.4, -0.2) is 34.4 Å². The van der Waals surface area contributed by atoms with E-state index >= 15 is 0 Å². The summed E-state index contributed by atoms with van der Waals surface area (Å²) in [7, 11) is 0. The van der Waals surface area contributed by atoms with Crippen molar-refractivity contribution in [2.75, 3.05) is 13.2 Å². The fourth-order valence-electron chi connectivity index (χ4n) is 2.40. The van der Waals surface area contributed by atoms with Crippen molar-refractivity contribution in [1.29, 1.82) is 0 Å². The van der Waals surface area contributed by atoms with Crippen LogP contribution in [0.4, 0.5) is 0 Å². The predicted octanol–water partition coefficient (Wildman–Crippen LogP) is 4.87. The number of rotatable bonds is 8. The summed E-state index contributed by atoms with van der Waals surface area (Å²) in [5.41, 5.74) is 0.899. The Morgan fingerprint density at radius 3 is 2.60 bits per heavy atom. The average Bonchev–Trinajstić information content (AvgIpc) is 2.84. The van der Waals surface area contributed by atoms with Gasteiger partial charge in [0, 0.05) is 6.04 Å². The van der Waals surface area contributed by atoms with Crippen molar-refractivity contribution in [3.8, 4) is 11.5 Å². The number of hydrogen-bond acceptors (Lipinski definition) is 5. The van der Waals surface area contributed by atoms with Gasteiger partial charge in [-0.25, -0.2) is 0 Å². The first kappa shape index (κ1) is 19.8. The Kier molecular flexibility index (Phi) is 7.32. The highest BCUT2D eigenvalue weighted by Crippen LogP contribution is 2.35. The average molecular weight is 380 g/mol.